The lowest BCUT2D eigenvalue weighted by molar-refractivity contribution is -0.141. The molecule has 1 unspecified atom stereocenters. The van der Waals surface area contributed by atoms with Crippen molar-refractivity contribution in [1.82, 2.24) is 10.2 Å². The van der Waals surface area contributed by atoms with Crippen LogP contribution in [0.2, 0.25) is 10.0 Å². The highest BCUT2D eigenvalue weighted by molar-refractivity contribution is 6.31. The van der Waals surface area contributed by atoms with Gasteiger partial charge in [-0.1, -0.05) is 66.5 Å². The molecule has 1 N–H and O–H groups in total. The maximum atomic E-state index is 13.2. The molecule has 4 nitrogen and oxygen atoms in total. The number of nitrogens with zero attached hydrogens (tertiary/aromatic N) is 1. The van der Waals surface area contributed by atoms with Crippen molar-refractivity contribution in [3.8, 4) is 0 Å². The van der Waals surface area contributed by atoms with E-state index in [0.29, 0.717) is 22.9 Å². The molecule has 0 aromatic heterocycles. The van der Waals surface area contributed by atoms with Crippen LogP contribution in [0.3, 0.4) is 0 Å². The van der Waals surface area contributed by atoms with E-state index >= 15 is 0 Å². The molecule has 0 saturated heterocycles. The average molecular weight is 435 g/mol. The van der Waals surface area contributed by atoms with E-state index in [0.717, 1.165) is 11.1 Å². The van der Waals surface area contributed by atoms with E-state index in [9.17, 15) is 9.59 Å². The van der Waals surface area contributed by atoms with Crippen molar-refractivity contribution in [2.45, 2.75) is 58.7 Å². The molecule has 29 heavy (non-hydrogen) atoms. The monoisotopic (exact) mass is 434 g/mol. The van der Waals surface area contributed by atoms with Crippen molar-refractivity contribution in [2.24, 2.45) is 0 Å². The normalized spacial score (nSPS) is 11.9. The Labute approximate surface area is 183 Å². The SMILES string of the molecule is CCC(C(=O)NC(C)C)N(Cc1ccccc1Cl)C(=O)CCc1ccccc1Cl. The first-order valence-electron chi connectivity index (χ1n) is 9.90. The second-order valence-electron chi connectivity index (χ2n) is 7.29. The highest BCUT2D eigenvalue weighted by atomic mass is 35.5. The van der Waals surface area contributed by atoms with E-state index in [4.69, 9.17) is 23.2 Å². The fourth-order valence-electron chi connectivity index (χ4n) is 3.20. The third-order valence-electron chi connectivity index (χ3n) is 4.68. The third-order valence-corrected chi connectivity index (χ3v) is 5.42. The summed E-state index contributed by atoms with van der Waals surface area (Å²) in [5, 5.41) is 4.15. The quantitative estimate of drug-likeness (QED) is 0.584. The Balaban J connectivity index is 2.24. The van der Waals surface area contributed by atoms with Crippen molar-refractivity contribution in [3.63, 3.8) is 0 Å². The number of rotatable bonds is 9. The summed E-state index contributed by atoms with van der Waals surface area (Å²) in [5.41, 5.74) is 1.73. The van der Waals surface area contributed by atoms with E-state index in [1.165, 1.54) is 0 Å². The van der Waals surface area contributed by atoms with Gasteiger partial charge < -0.3 is 10.2 Å². The fourth-order valence-corrected chi connectivity index (χ4v) is 3.62. The molecular formula is C23H28Cl2N2O2. The van der Waals surface area contributed by atoms with Crippen LogP contribution in [0.1, 0.15) is 44.7 Å². The second-order valence-corrected chi connectivity index (χ2v) is 8.11. The molecule has 2 aromatic carbocycles. The molecule has 0 radical (unpaired) electrons. The molecule has 0 aliphatic rings. The Kier molecular flexibility index (Phi) is 8.99. The Morgan fingerprint density at radius 3 is 2.03 bits per heavy atom. The Morgan fingerprint density at radius 2 is 1.52 bits per heavy atom. The lowest BCUT2D eigenvalue weighted by Crippen LogP contribution is -2.50. The van der Waals surface area contributed by atoms with Crippen molar-refractivity contribution >= 4 is 35.0 Å². The molecule has 0 saturated carbocycles. The summed E-state index contributed by atoms with van der Waals surface area (Å²) in [4.78, 5) is 27.6. The molecule has 6 heteroatoms. The number of halogens is 2. The number of benzene rings is 2. The van der Waals surface area contributed by atoms with E-state index in [-0.39, 0.29) is 30.8 Å². The first-order valence-corrected chi connectivity index (χ1v) is 10.7. The Hall–Kier alpha value is -2.04. The number of carbonyl (C=O) groups excluding carboxylic acids is 2. The first kappa shape index (κ1) is 23.2. The molecule has 1 atom stereocenters. The van der Waals surface area contributed by atoms with Crippen molar-refractivity contribution in [1.29, 1.82) is 0 Å². The van der Waals surface area contributed by atoms with E-state index in [2.05, 4.69) is 5.32 Å². The molecular weight excluding hydrogens is 407 g/mol. The second kappa shape index (κ2) is 11.2. The average Bonchev–Trinajstić information content (AvgIpc) is 2.68. The molecule has 0 heterocycles. The molecule has 156 valence electrons. The van der Waals surface area contributed by atoms with Crippen molar-refractivity contribution in [3.05, 3.63) is 69.7 Å². The Morgan fingerprint density at radius 1 is 0.966 bits per heavy atom. The van der Waals surface area contributed by atoms with Crippen LogP contribution in [0, 0.1) is 0 Å². The van der Waals surface area contributed by atoms with Crippen LogP contribution in [0.4, 0.5) is 0 Å². The molecule has 0 bridgehead atoms. The van der Waals surface area contributed by atoms with Gasteiger partial charge in [0, 0.05) is 29.1 Å². The predicted octanol–water partition coefficient (Wildman–Crippen LogP) is 5.26. The van der Waals surface area contributed by atoms with Gasteiger partial charge in [-0.15, -0.1) is 0 Å². The van der Waals surface area contributed by atoms with E-state index in [1.54, 1.807) is 11.0 Å². The summed E-state index contributed by atoms with van der Waals surface area (Å²) in [6.45, 7) is 6.00. The summed E-state index contributed by atoms with van der Waals surface area (Å²) in [7, 11) is 0. The molecule has 0 spiro atoms. The van der Waals surface area contributed by atoms with Crippen molar-refractivity contribution < 1.29 is 9.59 Å². The van der Waals surface area contributed by atoms with Gasteiger partial charge in [0.25, 0.3) is 0 Å². The van der Waals surface area contributed by atoms with E-state index < -0.39 is 6.04 Å². The summed E-state index contributed by atoms with van der Waals surface area (Å²) in [5.74, 6) is -0.253. The first-order chi connectivity index (χ1) is 13.8. The van der Waals surface area contributed by atoms with Crippen LogP contribution in [0.25, 0.3) is 0 Å². The van der Waals surface area contributed by atoms with Crippen LogP contribution < -0.4 is 5.32 Å². The van der Waals surface area contributed by atoms with Gasteiger partial charge in [-0.2, -0.15) is 0 Å². The van der Waals surface area contributed by atoms with Gasteiger partial charge in [-0.3, -0.25) is 9.59 Å². The highest BCUT2D eigenvalue weighted by Crippen LogP contribution is 2.22. The summed E-state index contributed by atoms with van der Waals surface area (Å²) < 4.78 is 0. The number of amides is 2. The van der Waals surface area contributed by atoms with Gasteiger partial charge in [0.2, 0.25) is 11.8 Å². The van der Waals surface area contributed by atoms with Crippen LogP contribution in [-0.4, -0.2) is 28.8 Å². The predicted molar refractivity (Wildman–Crippen MR) is 119 cm³/mol. The van der Waals surface area contributed by atoms with Gasteiger partial charge in [0.05, 0.1) is 0 Å². The third kappa shape index (κ3) is 6.76. The molecule has 2 amide bonds. The van der Waals surface area contributed by atoms with Crippen LogP contribution in [0.5, 0.6) is 0 Å². The topological polar surface area (TPSA) is 49.4 Å². The summed E-state index contributed by atoms with van der Waals surface area (Å²) in [6, 6.07) is 14.3. The van der Waals surface area contributed by atoms with Crippen molar-refractivity contribution in [2.75, 3.05) is 0 Å². The maximum Gasteiger partial charge on any atom is 0.243 e. The lowest BCUT2D eigenvalue weighted by Gasteiger charge is -2.31. The zero-order valence-corrected chi connectivity index (χ0v) is 18.6. The van der Waals surface area contributed by atoms with Crippen LogP contribution in [0.15, 0.2) is 48.5 Å². The number of aryl methyl sites for hydroxylation is 1. The number of nitrogens with one attached hydrogen (secondary N) is 1. The van der Waals surface area contributed by atoms with Crippen LogP contribution in [-0.2, 0) is 22.6 Å². The lowest BCUT2D eigenvalue weighted by atomic mass is 10.1. The molecule has 0 fully saturated rings. The van der Waals surface area contributed by atoms with Gasteiger partial charge in [0.1, 0.15) is 6.04 Å². The summed E-state index contributed by atoms with van der Waals surface area (Å²) >= 11 is 12.6. The van der Waals surface area contributed by atoms with Gasteiger partial charge in [-0.05, 0) is 49.9 Å². The van der Waals surface area contributed by atoms with E-state index in [1.807, 2.05) is 63.2 Å². The standard InChI is InChI=1S/C23H28Cl2N2O2/c1-4-21(23(29)26-16(2)3)27(15-18-10-6-8-12-20(18)25)22(28)14-13-17-9-5-7-11-19(17)24/h5-12,16,21H,4,13-15H2,1-3H3,(H,26,29). The largest absolute Gasteiger partial charge is 0.352 e. The minimum atomic E-state index is -0.563. The van der Waals surface area contributed by atoms with Gasteiger partial charge >= 0.3 is 0 Å². The highest BCUT2D eigenvalue weighted by Gasteiger charge is 2.29. The summed E-state index contributed by atoms with van der Waals surface area (Å²) in [6.07, 6.45) is 1.29. The number of carbonyl (C=O) groups is 2. The maximum absolute atomic E-state index is 13.2. The minimum Gasteiger partial charge on any atom is -0.352 e. The molecule has 0 aliphatic heterocycles. The zero-order valence-electron chi connectivity index (χ0n) is 17.1. The molecule has 2 rings (SSSR count). The minimum absolute atomic E-state index is 0.00283. The number of hydrogen-bond donors (Lipinski definition) is 1. The van der Waals surface area contributed by atoms with Gasteiger partial charge in [0.15, 0.2) is 0 Å². The number of hydrogen-bond acceptors (Lipinski definition) is 2. The zero-order chi connectivity index (χ0) is 21.4. The smallest absolute Gasteiger partial charge is 0.243 e. The van der Waals surface area contributed by atoms with Gasteiger partial charge in [-0.25, -0.2) is 0 Å². The fraction of sp³-hybridized carbons (Fsp3) is 0.391. The molecule has 0 aliphatic carbocycles. The van der Waals surface area contributed by atoms with Crippen LogP contribution >= 0.6 is 23.2 Å². The Bertz CT molecular complexity index is 839. The molecule has 2 aromatic rings.